The van der Waals surface area contributed by atoms with Crippen molar-refractivity contribution in [3.63, 3.8) is 0 Å². The Morgan fingerprint density at radius 3 is 2.54 bits per heavy atom. The summed E-state index contributed by atoms with van der Waals surface area (Å²) in [5.74, 6) is -0.156. The highest BCUT2D eigenvalue weighted by Crippen LogP contribution is 2.65. The third-order valence-corrected chi connectivity index (χ3v) is 6.98. The SMILES string of the molecule is O=C(O)c1ccc2cc([C@H]3CC34CCN(C(=O)[C@H]3CCCO3)CC4)ccc2c1. The van der Waals surface area contributed by atoms with Crippen molar-refractivity contribution in [2.75, 3.05) is 19.7 Å². The van der Waals surface area contributed by atoms with Crippen LogP contribution in [-0.4, -0.2) is 47.7 Å². The number of hydrogen-bond acceptors (Lipinski definition) is 3. The highest BCUT2D eigenvalue weighted by molar-refractivity contribution is 5.94. The maximum absolute atomic E-state index is 12.6. The zero-order chi connectivity index (χ0) is 19.3. The Morgan fingerprint density at radius 1 is 1.07 bits per heavy atom. The Hall–Kier alpha value is -2.40. The van der Waals surface area contributed by atoms with Gasteiger partial charge in [0.05, 0.1) is 5.56 Å². The van der Waals surface area contributed by atoms with Gasteiger partial charge in [-0.1, -0.05) is 24.3 Å². The molecule has 1 aliphatic carbocycles. The Balaban J connectivity index is 1.27. The largest absolute Gasteiger partial charge is 0.478 e. The van der Waals surface area contributed by atoms with Crippen molar-refractivity contribution in [1.82, 2.24) is 4.90 Å². The molecule has 28 heavy (non-hydrogen) atoms. The van der Waals surface area contributed by atoms with Gasteiger partial charge in [-0.3, -0.25) is 4.79 Å². The zero-order valence-electron chi connectivity index (χ0n) is 15.9. The number of aromatic carboxylic acids is 1. The minimum Gasteiger partial charge on any atom is -0.478 e. The first-order chi connectivity index (χ1) is 13.6. The Kier molecular flexibility index (Phi) is 4.16. The summed E-state index contributed by atoms with van der Waals surface area (Å²) >= 11 is 0. The molecule has 1 amide bonds. The Bertz CT molecular complexity index is 939. The van der Waals surface area contributed by atoms with Gasteiger partial charge in [0.1, 0.15) is 6.10 Å². The van der Waals surface area contributed by atoms with Crippen molar-refractivity contribution in [3.8, 4) is 0 Å². The first-order valence-corrected chi connectivity index (χ1v) is 10.2. The van der Waals surface area contributed by atoms with Crippen LogP contribution < -0.4 is 0 Å². The quantitative estimate of drug-likeness (QED) is 0.881. The summed E-state index contributed by atoms with van der Waals surface area (Å²) in [6, 6.07) is 11.7. The summed E-state index contributed by atoms with van der Waals surface area (Å²) in [6.45, 7) is 2.39. The summed E-state index contributed by atoms with van der Waals surface area (Å²) in [4.78, 5) is 25.7. The van der Waals surface area contributed by atoms with Crippen LogP contribution in [0, 0.1) is 5.41 Å². The van der Waals surface area contributed by atoms with E-state index in [1.54, 1.807) is 12.1 Å². The molecule has 0 radical (unpaired) electrons. The fraction of sp³-hybridized carbons (Fsp3) is 0.478. The molecule has 146 valence electrons. The second-order valence-electron chi connectivity index (χ2n) is 8.57. The molecule has 5 nitrogen and oxygen atoms in total. The van der Waals surface area contributed by atoms with Gasteiger partial charge in [0.2, 0.25) is 0 Å². The number of piperidine rings is 1. The predicted molar refractivity (Wildman–Crippen MR) is 105 cm³/mol. The molecule has 0 aromatic heterocycles. The molecule has 1 N–H and O–H groups in total. The number of carboxylic acids is 1. The van der Waals surface area contributed by atoms with E-state index in [0.717, 1.165) is 49.5 Å². The van der Waals surface area contributed by atoms with Crippen molar-refractivity contribution in [1.29, 1.82) is 0 Å². The van der Waals surface area contributed by atoms with Crippen LogP contribution in [0.2, 0.25) is 0 Å². The van der Waals surface area contributed by atoms with E-state index in [2.05, 4.69) is 12.1 Å². The summed E-state index contributed by atoms with van der Waals surface area (Å²) in [5.41, 5.74) is 2.00. The molecule has 2 atom stereocenters. The van der Waals surface area contributed by atoms with Crippen molar-refractivity contribution in [2.24, 2.45) is 5.41 Å². The van der Waals surface area contributed by atoms with E-state index in [1.807, 2.05) is 17.0 Å². The lowest BCUT2D eigenvalue weighted by atomic mass is 9.88. The lowest BCUT2D eigenvalue weighted by Crippen LogP contribution is -2.44. The van der Waals surface area contributed by atoms with E-state index in [1.165, 1.54) is 12.0 Å². The molecule has 3 aliphatic rings. The standard InChI is InChI=1S/C23H25NO4/c25-21(20-2-1-11-28-20)24-9-7-23(8-10-24)14-19(23)17-5-3-16-13-18(22(26)27)6-4-15(16)12-17/h3-6,12-13,19-20H,1-2,7-11,14H2,(H,26,27)/t19-,20-/m1/s1. The van der Waals surface area contributed by atoms with Crippen molar-refractivity contribution >= 4 is 22.6 Å². The molecule has 2 heterocycles. The normalized spacial score (nSPS) is 25.9. The van der Waals surface area contributed by atoms with E-state index in [-0.39, 0.29) is 12.0 Å². The predicted octanol–water partition coefficient (Wildman–Crippen LogP) is 3.81. The molecule has 1 saturated carbocycles. The number of ether oxygens (including phenoxy) is 1. The number of benzene rings is 2. The molecule has 1 spiro atoms. The first-order valence-electron chi connectivity index (χ1n) is 10.2. The van der Waals surface area contributed by atoms with Crippen molar-refractivity contribution < 1.29 is 19.4 Å². The number of likely N-dealkylation sites (tertiary alicyclic amines) is 1. The fourth-order valence-electron chi connectivity index (χ4n) is 5.13. The van der Waals surface area contributed by atoms with E-state index >= 15 is 0 Å². The smallest absolute Gasteiger partial charge is 0.335 e. The van der Waals surface area contributed by atoms with E-state index in [9.17, 15) is 9.59 Å². The number of carbonyl (C=O) groups is 2. The zero-order valence-corrected chi connectivity index (χ0v) is 15.9. The van der Waals surface area contributed by atoms with Gasteiger partial charge in [-0.25, -0.2) is 4.79 Å². The summed E-state index contributed by atoms with van der Waals surface area (Å²) in [7, 11) is 0. The number of fused-ring (bicyclic) bond motifs is 1. The highest BCUT2D eigenvalue weighted by atomic mass is 16.5. The minimum absolute atomic E-state index is 0.185. The highest BCUT2D eigenvalue weighted by Gasteiger charge is 2.55. The van der Waals surface area contributed by atoms with Gasteiger partial charge < -0.3 is 14.7 Å². The lowest BCUT2D eigenvalue weighted by molar-refractivity contribution is -0.142. The third-order valence-electron chi connectivity index (χ3n) is 6.98. The lowest BCUT2D eigenvalue weighted by Gasteiger charge is -2.34. The molecule has 2 aromatic carbocycles. The molecule has 0 unspecified atom stereocenters. The van der Waals surface area contributed by atoms with E-state index in [4.69, 9.17) is 9.84 Å². The molecule has 0 bridgehead atoms. The number of amides is 1. The van der Waals surface area contributed by atoms with Crippen LogP contribution in [-0.2, 0) is 9.53 Å². The monoisotopic (exact) mass is 379 g/mol. The van der Waals surface area contributed by atoms with Crippen LogP contribution in [0.4, 0.5) is 0 Å². The fourth-order valence-corrected chi connectivity index (χ4v) is 5.13. The van der Waals surface area contributed by atoms with E-state index < -0.39 is 5.97 Å². The molecule has 2 saturated heterocycles. The van der Waals surface area contributed by atoms with Crippen molar-refractivity contribution in [3.05, 3.63) is 47.5 Å². The van der Waals surface area contributed by atoms with Crippen LogP contribution in [0.15, 0.2) is 36.4 Å². The minimum atomic E-state index is -0.892. The molecule has 2 aromatic rings. The average molecular weight is 379 g/mol. The number of hydrogen-bond donors (Lipinski definition) is 1. The maximum Gasteiger partial charge on any atom is 0.335 e. The molecule has 5 heteroatoms. The molecular weight excluding hydrogens is 354 g/mol. The van der Waals surface area contributed by atoms with Gasteiger partial charge >= 0.3 is 5.97 Å². The van der Waals surface area contributed by atoms with Gasteiger partial charge in [-0.15, -0.1) is 0 Å². The van der Waals surface area contributed by atoms with Gasteiger partial charge in [0, 0.05) is 19.7 Å². The average Bonchev–Trinajstić information content (AvgIpc) is 3.14. The molecular formula is C23H25NO4. The topological polar surface area (TPSA) is 66.8 Å². The van der Waals surface area contributed by atoms with Crippen molar-refractivity contribution in [2.45, 2.75) is 44.1 Å². The summed E-state index contributed by atoms with van der Waals surface area (Å²) in [6.07, 6.45) is 4.96. The number of carbonyl (C=O) groups excluding carboxylic acids is 1. The number of rotatable bonds is 3. The van der Waals surface area contributed by atoms with Crippen LogP contribution in [0.5, 0.6) is 0 Å². The van der Waals surface area contributed by atoms with Crippen LogP contribution in [0.25, 0.3) is 10.8 Å². The van der Waals surface area contributed by atoms with Gasteiger partial charge in [-0.2, -0.15) is 0 Å². The van der Waals surface area contributed by atoms with Crippen LogP contribution >= 0.6 is 0 Å². The summed E-state index contributed by atoms with van der Waals surface area (Å²) < 4.78 is 5.56. The number of carboxylic acid groups (broad SMARTS) is 1. The van der Waals surface area contributed by atoms with E-state index in [0.29, 0.717) is 23.5 Å². The van der Waals surface area contributed by atoms with Gasteiger partial charge in [0.15, 0.2) is 0 Å². The van der Waals surface area contributed by atoms with Gasteiger partial charge in [-0.05, 0) is 71.9 Å². The third kappa shape index (κ3) is 2.98. The van der Waals surface area contributed by atoms with Gasteiger partial charge in [0.25, 0.3) is 5.91 Å². The summed E-state index contributed by atoms with van der Waals surface area (Å²) in [5, 5.41) is 11.2. The van der Waals surface area contributed by atoms with Crippen LogP contribution in [0.3, 0.4) is 0 Å². The second-order valence-corrected chi connectivity index (χ2v) is 8.57. The Labute approximate surface area is 164 Å². The molecule has 5 rings (SSSR count). The second kappa shape index (κ2) is 6.59. The molecule has 3 fully saturated rings. The maximum atomic E-state index is 12.6. The first kappa shape index (κ1) is 17.7. The Morgan fingerprint density at radius 2 is 1.82 bits per heavy atom. The molecule has 2 aliphatic heterocycles. The number of nitrogens with zero attached hydrogens (tertiary/aromatic N) is 1. The van der Waals surface area contributed by atoms with Crippen LogP contribution in [0.1, 0.15) is 53.9 Å².